The summed E-state index contributed by atoms with van der Waals surface area (Å²) in [7, 11) is 0. The van der Waals surface area contributed by atoms with E-state index in [1.807, 2.05) is 24.4 Å². The molecule has 0 bridgehead atoms. The lowest BCUT2D eigenvalue weighted by atomic mass is 10.1. The molecule has 0 fully saturated rings. The van der Waals surface area contributed by atoms with Gasteiger partial charge in [0, 0.05) is 30.4 Å². The molecule has 0 radical (unpaired) electrons. The minimum absolute atomic E-state index is 0.146. The van der Waals surface area contributed by atoms with E-state index in [1.54, 1.807) is 4.52 Å². The van der Waals surface area contributed by atoms with Crippen molar-refractivity contribution in [3.05, 3.63) is 48.2 Å². The summed E-state index contributed by atoms with van der Waals surface area (Å²) in [6.45, 7) is 4.44. The SMILES string of the molecule is CCN(CCO)Cc1cc(-c2ccccc2)cn2nnnc12. The molecule has 0 amide bonds. The Morgan fingerprint density at radius 1 is 1.18 bits per heavy atom. The Bertz CT molecular complexity index is 741. The predicted octanol–water partition coefficient (Wildman–Crippen LogP) is 1.61. The van der Waals surface area contributed by atoms with Gasteiger partial charge in [0.05, 0.1) is 6.61 Å². The number of fused-ring (bicyclic) bond motifs is 1. The first-order valence-electron chi connectivity index (χ1n) is 7.41. The van der Waals surface area contributed by atoms with Gasteiger partial charge in [0.15, 0.2) is 5.65 Å². The highest BCUT2D eigenvalue weighted by molar-refractivity contribution is 5.66. The summed E-state index contributed by atoms with van der Waals surface area (Å²) in [6, 6.07) is 12.3. The Balaban J connectivity index is 2.02. The number of hydrogen-bond donors (Lipinski definition) is 1. The molecule has 3 rings (SSSR count). The summed E-state index contributed by atoms with van der Waals surface area (Å²) < 4.78 is 1.71. The molecular formula is C16H19N5O. The van der Waals surface area contributed by atoms with Crippen molar-refractivity contribution in [3.8, 4) is 11.1 Å². The fourth-order valence-corrected chi connectivity index (χ4v) is 2.55. The zero-order valence-electron chi connectivity index (χ0n) is 12.6. The molecule has 0 unspecified atom stereocenters. The van der Waals surface area contributed by atoms with Crippen molar-refractivity contribution in [2.24, 2.45) is 0 Å². The quantitative estimate of drug-likeness (QED) is 0.748. The van der Waals surface area contributed by atoms with Gasteiger partial charge in [0.1, 0.15) is 0 Å². The van der Waals surface area contributed by atoms with Gasteiger partial charge in [-0.3, -0.25) is 4.90 Å². The van der Waals surface area contributed by atoms with Crippen molar-refractivity contribution < 1.29 is 5.11 Å². The van der Waals surface area contributed by atoms with E-state index in [-0.39, 0.29) is 6.61 Å². The van der Waals surface area contributed by atoms with E-state index in [4.69, 9.17) is 5.11 Å². The summed E-state index contributed by atoms with van der Waals surface area (Å²) >= 11 is 0. The molecule has 6 heteroatoms. The van der Waals surface area contributed by atoms with E-state index in [9.17, 15) is 0 Å². The lowest BCUT2D eigenvalue weighted by Crippen LogP contribution is -2.26. The average molecular weight is 297 g/mol. The molecule has 0 aliphatic carbocycles. The molecule has 0 spiro atoms. The minimum atomic E-state index is 0.146. The first-order chi connectivity index (χ1) is 10.8. The van der Waals surface area contributed by atoms with Crippen LogP contribution in [-0.4, -0.2) is 49.7 Å². The van der Waals surface area contributed by atoms with Gasteiger partial charge in [0.2, 0.25) is 0 Å². The van der Waals surface area contributed by atoms with Gasteiger partial charge in [-0.05, 0) is 28.6 Å². The highest BCUT2D eigenvalue weighted by atomic mass is 16.3. The molecule has 0 atom stereocenters. The van der Waals surface area contributed by atoms with E-state index < -0.39 is 0 Å². The van der Waals surface area contributed by atoms with Crippen LogP contribution in [0.1, 0.15) is 12.5 Å². The maximum atomic E-state index is 9.16. The van der Waals surface area contributed by atoms with Crippen molar-refractivity contribution in [3.63, 3.8) is 0 Å². The number of pyridine rings is 1. The Hall–Kier alpha value is -2.31. The number of aliphatic hydroxyl groups is 1. The highest BCUT2D eigenvalue weighted by Gasteiger charge is 2.12. The van der Waals surface area contributed by atoms with Gasteiger partial charge in [0.25, 0.3) is 0 Å². The van der Waals surface area contributed by atoms with Crippen LogP contribution >= 0.6 is 0 Å². The number of benzene rings is 1. The van der Waals surface area contributed by atoms with E-state index in [0.717, 1.165) is 28.9 Å². The summed E-state index contributed by atoms with van der Waals surface area (Å²) in [5.74, 6) is 0. The summed E-state index contributed by atoms with van der Waals surface area (Å²) in [6.07, 6.45) is 1.94. The van der Waals surface area contributed by atoms with Crippen LogP contribution < -0.4 is 0 Å². The van der Waals surface area contributed by atoms with Gasteiger partial charge < -0.3 is 5.11 Å². The van der Waals surface area contributed by atoms with E-state index in [1.165, 1.54) is 0 Å². The molecule has 1 aromatic carbocycles. The van der Waals surface area contributed by atoms with Gasteiger partial charge in [-0.1, -0.05) is 37.3 Å². The van der Waals surface area contributed by atoms with E-state index >= 15 is 0 Å². The molecule has 2 heterocycles. The van der Waals surface area contributed by atoms with Crippen molar-refractivity contribution in [1.29, 1.82) is 0 Å². The Morgan fingerprint density at radius 2 is 2.00 bits per heavy atom. The van der Waals surface area contributed by atoms with Crippen LogP contribution in [0.2, 0.25) is 0 Å². The molecule has 3 aromatic rings. The number of tetrazole rings is 1. The molecule has 114 valence electrons. The number of aromatic nitrogens is 4. The fourth-order valence-electron chi connectivity index (χ4n) is 2.55. The average Bonchev–Trinajstić information content (AvgIpc) is 3.04. The number of likely N-dealkylation sites (N-methyl/N-ethyl adjacent to an activating group) is 1. The monoisotopic (exact) mass is 297 g/mol. The lowest BCUT2D eigenvalue weighted by Gasteiger charge is -2.19. The maximum Gasteiger partial charge on any atom is 0.183 e. The summed E-state index contributed by atoms with van der Waals surface area (Å²) in [4.78, 5) is 2.17. The predicted molar refractivity (Wildman–Crippen MR) is 84.3 cm³/mol. The number of hydrogen-bond acceptors (Lipinski definition) is 5. The van der Waals surface area contributed by atoms with Crippen molar-refractivity contribution >= 4 is 5.65 Å². The number of rotatable bonds is 6. The standard InChI is InChI=1S/C16H19N5O/c1-2-20(8-9-22)11-15-10-14(13-6-4-3-5-7-13)12-21-16(15)17-18-19-21/h3-7,10,12,22H,2,8-9,11H2,1H3. The topological polar surface area (TPSA) is 66.5 Å². The number of nitrogens with zero attached hydrogens (tertiary/aromatic N) is 5. The Morgan fingerprint density at radius 3 is 2.73 bits per heavy atom. The molecule has 0 aliphatic rings. The van der Waals surface area contributed by atoms with Crippen LogP contribution in [0.4, 0.5) is 0 Å². The molecule has 2 aromatic heterocycles. The third-order valence-corrected chi connectivity index (χ3v) is 3.74. The Labute approximate surface area is 129 Å². The first-order valence-corrected chi connectivity index (χ1v) is 7.41. The summed E-state index contributed by atoms with van der Waals surface area (Å²) in [5.41, 5.74) is 4.03. The molecular weight excluding hydrogens is 278 g/mol. The van der Waals surface area contributed by atoms with E-state index in [2.05, 4.69) is 45.5 Å². The molecule has 22 heavy (non-hydrogen) atoms. The third-order valence-electron chi connectivity index (χ3n) is 3.74. The second-order valence-electron chi connectivity index (χ2n) is 5.16. The molecule has 1 N–H and O–H groups in total. The van der Waals surface area contributed by atoms with Crippen LogP contribution in [0.3, 0.4) is 0 Å². The zero-order valence-corrected chi connectivity index (χ0v) is 12.6. The highest BCUT2D eigenvalue weighted by Crippen LogP contribution is 2.22. The second-order valence-corrected chi connectivity index (χ2v) is 5.16. The van der Waals surface area contributed by atoms with Crippen LogP contribution in [0.5, 0.6) is 0 Å². The zero-order chi connectivity index (χ0) is 15.4. The van der Waals surface area contributed by atoms with Gasteiger partial charge in [-0.15, -0.1) is 5.10 Å². The van der Waals surface area contributed by atoms with Crippen LogP contribution in [0, 0.1) is 0 Å². The minimum Gasteiger partial charge on any atom is -0.395 e. The first kappa shape index (κ1) is 14.6. The number of aliphatic hydroxyl groups excluding tert-OH is 1. The third kappa shape index (κ3) is 2.98. The van der Waals surface area contributed by atoms with E-state index in [0.29, 0.717) is 13.1 Å². The van der Waals surface area contributed by atoms with Crippen LogP contribution in [-0.2, 0) is 6.54 Å². The van der Waals surface area contributed by atoms with Crippen molar-refractivity contribution in [1.82, 2.24) is 24.9 Å². The smallest absolute Gasteiger partial charge is 0.183 e. The van der Waals surface area contributed by atoms with Gasteiger partial charge >= 0.3 is 0 Å². The normalized spacial score (nSPS) is 11.4. The molecule has 0 aliphatic heterocycles. The largest absolute Gasteiger partial charge is 0.395 e. The van der Waals surface area contributed by atoms with Crippen molar-refractivity contribution in [2.45, 2.75) is 13.5 Å². The van der Waals surface area contributed by atoms with Gasteiger partial charge in [-0.25, -0.2) is 0 Å². The second kappa shape index (κ2) is 6.64. The lowest BCUT2D eigenvalue weighted by molar-refractivity contribution is 0.197. The maximum absolute atomic E-state index is 9.16. The molecule has 6 nitrogen and oxygen atoms in total. The van der Waals surface area contributed by atoms with Crippen molar-refractivity contribution in [2.75, 3.05) is 19.7 Å². The van der Waals surface area contributed by atoms with Gasteiger partial charge in [-0.2, -0.15) is 4.52 Å². The summed E-state index contributed by atoms with van der Waals surface area (Å²) in [5, 5.41) is 21.1. The molecule has 0 saturated heterocycles. The fraction of sp³-hybridized carbons (Fsp3) is 0.312. The van der Waals surface area contributed by atoms with Crippen LogP contribution in [0.25, 0.3) is 16.8 Å². The molecule has 0 saturated carbocycles. The van der Waals surface area contributed by atoms with Crippen LogP contribution in [0.15, 0.2) is 42.6 Å². The Kier molecular flexibility index (Phi) is 4.41.